The minimum absolute atomic E-state index is 0.0545. The molecule has 8 nitrogen and oxygen atoms in total. The molecular formula is C20H16FN3O5. The van der Waals surface area contributed by atoms with Crippen LogP contribution in [0.3, 0.4) is 0 Å². The summed E-state index contributed by atoms with van der Waals surface area (Å²) < 4.78 is 23.7. The number of halogens is 1. The van der Waals surface area contributed by atoms with E-state index in [0.29, 0.717) is 17.4 Å². The zero-order chi connectivity index (χ0) is 20.6. The maximum atomic E-state index is 12.9. The van der Waals surface area contributed by atoms with Crippen LogP contribution in [-0.4, -0.2) is 22.4 Å². The van der Waals surface area contributed by atoms with Gasteiger partial charge in [0.25, 0.3) is 11.6 Å². The van der Waals surface area contributed by atoms with Gasteiger partial charge in [-0.25, -0.2) is 9.37 Å². The molecule has 0 fully saturated rings. The molecule has 0 radical (unpaired) electrons. The lowest BCUT2D eigenvalue weighted by atomic mass is 10.3. The fraction of sp³-hybridized carbons (Fsp3) is 0.100. The number of aromatic nitrogens is 1. The normalized spacial score (nSPS) is 10.2. The quantitative estimate of drug-likeness (QED) is 0.460. The third kappa shape index (κ3) is 5.99. The number of benzene rings is 2. The molecule has 148 valence electrons. The summed E-state index contributed by atoms with van der Waals surface area (Å²) >= 11 is 0. The summed E-state index contributed by atoms with van der Waals surface area (Å²) in [7, 11) is 0. The van der Waals surface area contributed by atoms with Crippen LogP contribution in [-0.2, 0) is 11.3 Å². The summed E-state index contributed by atoms with van der Waals surface area (Å²) in [5.41, 5.74) is 0.696. The highest BCUT2D eigenvalue weighted by atomic mass is 19.1. The molecule has 2 aromatic carbocycles. The van der Waals surface area contributed by atoms with Crippen molar-refractivity contribution in [2.45, 2.75) is 6.54 Å². The van der Waals surface area contributed by atoms with Crippen molar-refractivity contribution in [3.63, 3.8) is 0 Å². The van der Waals surface area contributed by atoms with E-state index >= 15 is 0 Å². The lowest BCUT2D eigenvalue weighted by Gasteiger charge is -2.08. The van der Waals surface area contributed by atoms with Gasteiger partial charge < -0.3 is 14.8 Å². The molecule has 0 saturated carbocycles. The largest absolute Gasteiger partial charge is 0.484 e. The third-order valence-electron chi connectivity index (χ3n) is 3.74. The van der Waals surface area contributed by atoms with Crippen molar-refractivity contribution in [1.82, 2.24) is 10.3 Å². The number of carbonyl (C=O) groups excluding carboxylic acids is 1. The van der Waals surface area contributed by atoms with Crippen LogP contribution in [0.4, 0.5) is 10.1 Å². The second-order valence-electron chi connectivity index (χ2n) is 5.88. The molecule has 3 aromatic rings. The van der Waals surface area contributed by atoms with Crippen molar-refractivity contribution in [2.24, 2.45) is 0 Å². The zero-order valence-electron chi connectivity index (χ0n) is 15.1. The monoisotopic (exact) mass is 397 g/mol. The van der Waals surface area contributed by atoms with Crippen LogP contribution in [0.5, 0.6) is 17.4 Å². The molecule has 0 atom stereocenters. The van der Waals surface area contributed by atoms with Gasteiger partial charge in [-0.1, -0.05) is 6.07 Å². The molecule has 1 amide bonds. The maximum Gasteiger partial charge on any atom is 0.269 e. The van der Waals surface area contributed by atoms with Crippen LogP contribution < -0.4 is 14.8 Å². The van der Waals surface area contributed by atoms with E-state index in [1.807, 2.05) is 0 Å². The van der Waals surface area contributed by atoms with E-state index in [9.17, 15) is 19.3 Å². The second kappa shape index (κ2) is 9.27. The number of ether oxygens (including phenoxy) is 2. The van der Waals surface area contributed by atoms with Crippen LogP contribution in [0.1, 0.15) is 5.56 Å². The predicted molar refractivity (Wildman–Crippen MR) is 101 cm³/mol. The molecule has 9 heteroatoms. The first kappa shape index (κ1) is 19.7. The molecule has 3 rings (SSSR count). The van der Waals surface area contributed by atoms with Crippen LogP contribution in [0.15, 0.2) is 66.9 Å². The Hall–Kier alpha value is -4.01. The molecular weight excluding hydrogens is 381 g/mol. The van der Waals surface area contributed by atoms with E-state index in [1.165, 1.54) is 48.5 Å². The van der Waals surface area contributed by atoms with E-state index in [2.05, 4.69) is 10.3 Å². The van der Waals surface area contributed by atoms with Gasteiger partial charge in [-0.05, 0) is 42.0 Å². The Balaban J connectivity index is 1.43. The first-order valence-corrected chi connectivity index (χ1v) is 8.52. The zero-order valence-corrected chi connectivity index (χ0v) is 15.1. The Morgan fingerprint density at radius 1 is 1.03 bits per heavy atom. The third-order valence-corrected chi connectivity index (χ3v) is 3.74. The average molecular weight is 397 g/mol. The van der Waals surface area contributed by atoms with E-state index in [4.69, 9.17) is 9.47 Å². The highest BCUT2D eigenvalue weighted by Gasteiger charge is 2.07. The number of pyridine rings is 1. The van der Waals surface area contributed by atoms with Gasteiger partial charge in [-0.2, -0.15) is 0 Å². The molecule has 1 heterocycles. The summed E-state index contributed by atoms with van der Waals surface area (Å²) in [6.45, 7) is 0.0171. The van der Waals surface area contributed by atoms with E-state index in [-0.39, 0.29) is 30.6 Å². The Kier molecular flexibility index (Phi) is 6.31. The molecule has 0 spiro atoms. The maximum absolute atomic E-state index is 12.9. The summed E-state index contributed by atoms with van der Waals surface area (Å²) in [6, 6.07) is 14.4. The number of nitro groups is 1. The van der Waals surface area contributed by atoms with Crippen LogP contribution in [0.2, 0.25) is 0 Å². The fourth-order valence-corrected chi connectivity index (χ4v) is 2.26. The SMILES string of the molecule is O=C(COc1ccc([N+](=O)[O-])cc1)NCc1ccc(Oc2ccc(F)cc2)nc1. The molecule has 0 aliphatic carbocycles. The smallest absolute Gasteiger partial charge is 0.269 e. The first-order valence-electron chi connectivity index (χ1n) is 8.52. The van der Waals surface area contributed by atoms with Gasteiger partial charge in [0.15, 0.2) is 6.61 Å². The van der Waals surface area contributed by atoms with E-state index in [1.54, 1.807) is 18.3 Å². The summed E-state index contributed by atoms with van der Waals surface area (Å²) in [5.74, 6) is 0.454. The van der Waals surface area contributed by atoms with E-state index < -0.39 is 4.92 Å². The van der Waals surface area contributed by atoms with Crippen molar-refractivity contribution < 1.29 is 23.6 Å². The van der Waals surface area contributed by atoms with Crippen molar-refractivity contribution >= 4 is 11.6 Å². The number of rotatable bonds is 8. The summed E-state index contributed by atoms with van der Waals surface area (Å²) in [5, 5.41) is 13.3. The number of hydrogen-bond acceptors (Lipinski definition) is 6. The van der Waals surface area contributed by atoms with Crippen LogP contribution in [0.25, 0.3) is 0 Å². The number of nitrogens with zero attached hydrogens (tertiary/aromatic N) is 2. The molecule has 0 saturated heterocycles. The summed E-state index contributed by atoms with van der Waals surface area (Å²) in [6.07, 6.45) is 1.55. The molecule has 1 aromatic heterocycles. The number of hydrogen-bond donors (Lipinski definition) is 1. The highest BCUT2D eigenvalue weighted by molar-refractivity contribution is 5.77. The van der Waals surface area contributed by atoms with E-state index in [0.717, 1.165) is 5.56 Å². The molecule has 0 aliphatic rings. The fourth-order valence-electron chi connectivity index (χ4n) is 2.26. The van der Waals surface area contributed by atoms with Gasteiger partial charge in [0, 0.05) is 30.9 Å². The number of amides is 1. The lowest BCUT2D eigenvalue weighted by molar-refractivity contribution is -0.384. The van der Waals surface area contributed by atoms with Crippen LogP contribution in [0, 0.1) is 15.9 Å². The van der Waals surface area contributed by atoms with Crippen molar-refractivity contribution in [3.05, 3.63) is 88.4 Å². The number of carbonyl (C=O) groups is 1. The van der Waals surface area contributed by atoms with Crippen molar-refractivity contribution in [2.75, 3.05) is 6.61 Å². The Morgan fingerprint density at radius 3 is 2.34 bits per heavy atom. The Labute approximate surface area is 165 Å². The minimum atomic E-state index is -0.513. The lowest BCUT2D eigenvalue weighted by Crippen LogP contribution is -2.28. The average Bonchev–Trinajstić information content (AvgIpc) is 2.73. The highest BCUT2D eigenvalue weighted by Crippen LogP contribution is 2.19. The Morgan fingerprint density at radius 2 is 1.72 bits per heavy atom. The second-order valence-corrected chi connectivity index (χ2v) is 5.88. The molecule has 0 bridgehead atoms. The van der Waals surface area contributed by atoms with Crippen molar-refractivity contribution in [3.8, 4) is 17.4 Å². The van der Waals surface area contributed by atoms with Gasteiger partial charge in [0.1, 0.15) is 17.3 Å². The number of non-ortho nitro benzene ring substituents is 1. The van der Waals surface area contributed by atoms with Gasteiger partial charge in [-0.15, -0.1) is 0 Å². The topological polar surface area (TPSA) is 104 Å². The molecule has 1 N–H and O–H groups in total. The van der Waals surface area contributed by atoms with Gasteiger partial charge in [0.05, 0.1) is 4.92 Å². The van der Waals surface area contributed by atoms with Crippen molar-refractivity contribution in [1.29, 1.82) is 0 Å². The number of nitro benzene ring substituents is 1. The first-order chi connectivity index (χ1) is 14.0. The van der Waals surface area contributed by atoms with Gasteiger partial charge >= 0.3 is 0 Å². The van der Waals surface area contributed by atoms with Gasteiger partial charge in [-0.3, -0.25) is 14.9 Å². The molecule has 0 unspecified atom stereocenters. The predicted octanol–water partition coefficient (Wildman–Crippen LogP) is 3.62. The standard InChI is InChI=1S/C20H16FN3O5/c21-15-2-6-18(7-3-15)29-20-10-1-14(12-23-20)11-22-19(25)13-28-17-8-4-16(5-9-17)24(26)27/h1-10,12H,11,13H2,(H,22,25). The van der Waals surface area contributed by atoms with Crippen LogP contribution >= 0.6 is 0 Å². The molecule has 29 heavy (non-hydrogen) atoms. The summed E-state index contributed by atoms with van der Waals surface area (Å²) in [4.78, 5) is 26.1. The van der Waals surface area contributed by atoms with Gasteiger partial charge in [0.2, 0.25) is 5.88 Å². The minimum Gasteiger partial charge on any atom is -0.484 e. The molecule has 0 aliphatic heterocycles. The number of nitrogens with one attached hydrogen (secondary N) is 1. The Bertz CT molecular complexity index is 977.